The fourth-order valence-corrected chi connectivity index (χ4v) is 4.19. The zero-order chi connectivity index (χ0) is 23.5. The number of oxazole rings is 1. The molecule has 9 heteroatoms. The van der Waals surface area contributed by atoms with Crippen LogP contribution in [0.4, 0.5) is 10.1 Å². The number of rotatable bonds is 6. The molecule has 7 nitrogen and oxygen atoms in total. The van der Waals surface area contributed by atoms with E-state index in [2.05, 4.69) is 25.1 Å². The number of aryl methyl sites for hydroxylation is 2. The van der Waals surface area contributed by atoms with Gasteiger partial charge in [0.15, 0.2) is 17.5 Å². The molecule has 0 saturated heterocycles. The summed E-state index contributed by atoms with van der Waals surface area (Å²) in [5, 5.41) is 11.9. The van der Waals surface area contributed by atoms with E-state index in [0.29, 0.717) is 28.9 Å². The molecule has 1 aliphatic rings. The van der Waals surface area contributed by atoms with Gasteiger partial charge in [-0.15, -0.1) is 10.2 Å². The minimum absolute atomic E-state index is 0.102. The first kappa shape index (κ1) is 22.3. The van der Waals surface area contributed by atoms with Crippen molar-refractivity contribution in [3.63, 3.8) is 0 Å². The number of nitrogens with zero attached hydrogens (tertiary/aromatic N) is 4. The van der Waals surface area contributed by atoms with E-state index in [1.54, 1.807) is 30.5 Å². The van der Waals surface area contributed by atoms with Crippen LogP contribution in [0.25, 0.3) is 22.7 Å². The Bertz CT molecular complexity index is 1320. The zero-order valence-corrected chi connectivity index (χ0v) is 19.2. The van der Waals surface area contributed by atoms with Gasteiger partial charge in [-0.2, -0.15) is 0 Å². The molecule has 2 aromatic carbocycles. The van der Waals surface area contributed by atoms with Crippen molar-refractivity contribution in [2.45, 2.75) is 45.1 Å². The topological polar surface area (TPSA) is 85.8 Å². The van der Waals surface area contributed by atoms with Gasteiger partial charge in [0.05, 0.1) is 11.9 Å². The van der Waals surface area contributed by atoms with Crippen LogP contribution in [0.1, 0.15) is 37.4 Å². The van der Waals surface area contributed by atoms with E-state index < -0.39 is 5.82 Å². The van der Waals surface area contributed by atoms with Gasteiger partial charge in [0.1, 0.15) is 11.6 Å². The number of anilines is 1. The van der Waals surface area contributed by atoms with Gasteiger partial charge >= 0.3 is 0 Å². The molecule has 1 amide bonds. The molecule has 0 radical (unpaired) electrons. The third-order valence-electron chi connectivity index (χ3n) is 5.86. The smallest absolute Gasteiger partial charge is 0.224 e. The summed E-state index contributed by atoms with van der Waals surface area (Å²) >= 11 is 5.92. The average Bonchev–Trinajstić information content (AvgIpc) is 3.41. The van der Waals surface area contributed by atoms with Crippen LogP contribution in [0, 0.1) is 5.82 Å². The van der Waals surface area contributed by atoms with E-state index in [9.17, 15) is 9.18 Å². The number of aromatic nitrogens is 4. The van der Waals surface area contributed by atoms with Crippen LogP contribution >= 0.6 is 11.6 Å². The Labute approximate surface area is 201 Å². The standard InChI is InChI=1S/C25H23ClFN5O2/c26-18-8-5-16(6-9-18)21-15-28-24(34-21)12-11-23(33)29-20-14-17(7-10-19(20)27)25-31-30-22-4-2-1-3-13-32(22)25/h5-10,14-15H,1-4,11-13H2,(H,29,33). The van der Waals surface area contributed by atoms with Crippen LogP contribution in [0.5, 0.6) is 0 Å². The number of carbonyl (C=O) groups excluding carboxylic acids is 1. The molecule has 174 valence electrons. The normalized spacial score (nSPS) is 13.4. The second kappa shape index (κ2) is 9.77. The van der Waals surface area contributed by atoms with Crippen molar-refractivity contribution >= 4 is 23.2 Å². The van der Waals surface area contributed by atoms with Crippen LogP contribution in [0.2, 0.25) is 5.02 Å². The number of carbonyl (C=O) groups is 1. The first-order valence-corrected chi connectivity index (χ1v) is 11.7. The summed E-state index contributed by atoms with van der Waals surface area (Å²) in [7, 11) is 0. The molecule has 0 aliphatic carbocycles. The Kier molecular flexibility index (Phi) is 6.40. The molecule has 34 heavy (non-hydrogen) atoms. The lowest BCUT2D eigenvalue weighted by Crippen LogP contribution is -2.13. The van der Waals surface area contributed by atoms with Gasteiger partial charge in [-0.25, -0.2) is 9.37 Å². The highest BCUT2D eigenvalue weighted by atomic mass is 35.5. The van der Waals surface area contributed by atoms with E-state index in [-0.39, 0.29) is 18.0 Å². The average molecular weight is 480 g/mol. The lowest BCUT2D eigenvalue weighted by Gasteiger charge is -2.10. The third-order valence-corrected chi connectivity index (χ3v) is 6.11. The van der Waals surface area contributed by atoms with Gasteiger partial charge in [-0.1, -0.05) is 18.0 Å². The lowest BCUT2D eigenvalue weighted by atomic mass is 10.1. The van der Waals surface area contributed by atoms with Crippen molar-refractivity contribution in [1.29, 1.82) is 0 Å². The summed E-state index contributed by atoms with van der Waals surface area (Å²) in [6, 6.07) is 11.8. The highest BCUT2D eigenvalue weighted by Crippen LogP contribution is 2.27. The maximum atomic E-state index is 14.5. The predicted molar refractivity (Wildman–Crippen MR) is 127 cm³/mol. The second-order valence-electron chi connectivity index (χ2n) is 8.27. The first-order valence-electron chi connectivity index (χ1n) is 11.3. The fraction of sp³-hybridized carbons (Fsp3) is 0.280. The summed E-state index contributed by atoms with van der Waals surface area (Å²) in [5.74, 6) is 1.84. The molecule has 4 aromatic rings. The maximum absolute atomic E-state index is 14.5. The zero-order valence-electron chi connectivity index (χ0n) is 18.4. The molecule has 1 aliphatic heterocycles. The summed E-state index contributed by atoms with van der Waals surface area (Å²) < 4.78 is 22.3. The van der Waals surface area contributed by atoms with E-state index in [4.69, 9.17) is 16.0 Å². The van der Waals surface area contributed by atoms with Crippen LogP contribution < -0.4 is 5.32 Å². The molecule has 1 N–H and O–H groups in total. The molecule has 2 aromatic heterocycles. The molecule has 0 atom stereocenters. The van der Waals surface area contributed by atoms with Crippen molar-refractivity contribution in [3.8, 4) is 22.7 Å². The van der Waals surface area contributed by atoms with Crippen LogP contribution in [0.15, 0.2) is 53.1 Å². The quantitative estimate of drug-likeness (QED) is 0.384. The largest absolute Gasteiger partial charge is 0.441 e. The number of fused-ring (bicyclic) bond motifs is 1. The van der Waals surface area contributed by atoms with Crippen molar-refractivity contribution in [3.05, 3.63) is 71.2 Å². The van der Waals surface area contributed by atoms with Gasteiger partial charge in [0.25, 0.3) is 0 Å². The number of hydrogen-bond donors (Lipinski definition) is 1. The Morgan fingerprint density at radius 2 is 1.91 bits per heavy atom. The van der Waals surface area contributed by atoms with Gasteiger partial charge in [-0.3, -0.25) is 4.79 Å². The van der Waals surface area contributed by atoms with Crippen LogP contribution in [0.3, 0.4) is 0 Å². The molecular formula is C25H23ClFN5O2. The molecular weight excluding hydrogens is 457 g/mol. The van der Waals surface area contributed by atoms with Crippen molar-refractivity contribution < 1.29 is 13.6 Å². The number of amides is 1. The van der Waals surface area contributed by atoms with Crippen LogP contribution in [-0.4, -0.2) is 25.7 Å². The number of benzene rings is 2. The molecule has 0 fully saturated rings. The number of hydrogen-bond acceptors (Lipinski definition) is 5. The maximum Gasteiger partial charge on any atom is 0.224 e. The Hall–Kier alpha value is -3.52. The fourth-order valence-electron chi connectivity index (χ4n) is 4.07. The lowest BCUT2D eigenvalue weighted by molar-refractivity contribution is -0.116. The van der Waals surface area contributed by atoms with Crippen molar-refractivity contribution in [2.75, 3.05) is 5.32 Å². The van der Waals surface area contributed by atoms with E-state index in [0.717, 1.165) is 49.2 Å². The second-order valence-corrected chi connectivity index (χ2v) is 8.71. The summed E-state index contributed by atoms with van der Waals surface area (Å²) in [5.41, 5.74) is 1.68. The Balaban J connectivity index is 1.25. The van der Waals surface area contributed by atoms with Crippen LogP contribution in [-0.2, 0) is 24.2 Å². The minimum atomic E-state index is -0.506. The highest BCUT2D eigenvalue weighted by Gasteiger charge is 2.18. The highest BCUT2D eigenvalue weighted by molar-refractivity contribution is 6.30. The molecule has 0 spiro atoms. The first-order chi connectivity index (χ1) is 16.6. The molecule has 5 rings (SSSR count). The summed E-state index contributed by atoms with van der Waals surface area (Å²) in [4.78, 5) is 16.8. The molecule has 0 unspecified atom stereocenters. The van der Waals surface area contributed by atoms with Gasteiger partial charge in [0, 0.05) is 42.0 Å². The molecule has 3 heterocycles. The molecule has 0 saturated carbocycles. The van der Waals surface area contributed by atoms with E-state index >= 15 is 0 Å². The number of nitrogens with one attached hydrogen (secondary N) is 1. The van der Waals surface area contributed by atoms with E-state index in [1.165, 1.54) is 6.07 Å². The summed E-state index contributed by atoms with van der Waals surface area (Å²) in [6.07, 6.45) is 6.19. The monoisotopic (exact) mass is 479 g/mol. The van der Waals surface area contributed by atoms with Gasteiger partial charge in [0.2, 0.25) is 5.91 Å². The van der Waals surface area contributed by atoms with Gasteiger partial charge in [-0.05, 0) is 55.3 Å². The van der Waals surface area contributed by atoms with Gasteiger partial charge < -0.3 is 14.3 Å². The van der Waals surface area contributed by atoms with Crippen molar-refractivity contribution in [2.24, 2.45) is 0 Å². The summed E-state index contributed by atoms with van der Waals surface area (Å²) in [6.45, 7) is 0.838. The Morgan fingerprint density at radius 3 is 2.76 bits per heavy atom. The predicted octanol–water partition coefficient (Wildman–Crippen LogP) is 5.69. The third kappa shape index (κ3) is 4.87. The van der Waals surface area contributed by atoms with Crippen molar-refractivity contribution in [1.82, 2.24) is 19.7 Å². The molecule has 0 bridgehead atoms. The minimum Gasteiger partial charge on any atom is -0.441 e. The SMILES string of the molecule is O=C(CCc1ncc(-c2ccc(Cl)cc2)o1)Nc1cc(-c2nnc3n2CCCCC3)ccc1F. The Morgan fingerprint density at radius 1 is 1.09 bits per heavy atom. The van der Waals surface area contributed by atoms with E-state index in [1.807, 2.05) is 12.1 Å². The number of halogens is 2.